The van der Waals surface area contributed by atoms with Crippen molar-refractivity contribution in [2.45, 2.75) is 45.2 Å². The van der Waals surface area contributed by atoms with Gasteiger partial charge >= 0.3 is 0 Å². The number of carbonyl (C=O) groups is 2. The van der Waals surface area contributed by atoms with E-state index < -0.39 is 40.2 Å². The van der Waals surface area contributed by atoms with Crippen molar-refractivity contribution in [3.05, 3.63) is 93.7 Å². The van der Waals surface area contributed by atoms with E-state index in [2.05, 4.69) is 5.32 Å². The number of carbonyl (C=O) groups excluding carboxylic acids is 2. The zero-order valence-electron chi connectivity index (χ0n) is 22.7. The van der Waals surface area contributed by atoms with Gasteiger partial charge in [0.05, 0.1) is 10.6 Å². The minimum atomic E-state index is -4.39. The molecule has 7 nitrogen and oxygen atoms in total. The first-order chi connectivity index (χ1) is 18.8. The van der Waals surface area contributed by atoms with Gasteiger partial charge in [0, 0.05) is 28.7 Å². The molecule has 0 unspecified atom stereocenters. The van der Waals surface area contributed by atoms with E-state index in [1.54, 1.807) is 37.3 Å². The lowest BCUT2D eigenvalue weighted by Gasteiger charge is -2.32. The standard InChI is InChI=1S/C29H32Cl2FN3O4S/c1-19(2)16-33-29(37)21(4)34(17-23-24(30)8-7-9-25(23)31)28(36)18-35(27-11-6-5-10-26(27)32)40(38,39)22-14-12-20(3)13-15-22/h5-15,19,21H,16-18H2,1-4H3,(H,33,37)/t21-/m0/s1. The van der Waals surface area contributed by atoms with Crippen LogP contribution >= 0.6 is 23.2 Å². The van der Waals surface area contributed by atoms with Gasteiger partial charge in [-0.15, -0.1) is 0 Å². The number of anilines is 1. The summed E-state index contributed by atoms with van der Waals surface area (Å²) < 4.78 is 43.2. The molecule has 0 heterocycles. The Morgan fingerprint density at radius 1 is 0.925 bits per heavy atom. The number of nitrogens with one attached hydrogen (secondary N) is 1. The van der Waals surface area contributed by atoms with Crippen molar-refractivity contribution in [3.8, 4) is 0 Å². The minimum absolute atomic E-state index is 0.113. The molecule has 0 saturated carbocycles. The lowest BCUT2D eigenvalue weighted by atomic mass is 10.1. The van der Waals surface area contributed by atoms with Crippen molar-refractivity contribution in [3.63, 3.8) is 0 Å². The first kappa shape index (κ1) is 31.4. The highest BCUT2D eigenvalue weighted by Gasteiger charge is 2.34. The van der Waals surface area contributed by atoms with E-state index >= 15 is 0 Å². The van der Waals surface area contributed by atoms with Gasteiger partial charge in [0.2, 0.25) is 11.8 Å². The lowest BCUT2D eigenvalue weighted by Crippen LogP contribution is -2.51. The smallest absolute Gasteiger partial charge is 0.264 e. The van der Waals surface area contributed by atoms with Crippen LogP contribution in [0.4, 0.5) is 10.1 Å². The number of halogens is 3. The van der Waals surface area contributed by atoms with Crippen molar-refractivity contribution in [2.75, 3.05) is 17.4 Å². The van der Waals surface area contributed by atoms with Crippen LogP contribution in [0.1, 0.15) is 31.9 Å². The highest BCUT2D eigenvalue weighted by atomic mass is 35.5. The summed E-state index contributed by atoms with van der Waals surface area (Å²) in [5, 5.41) is 3.35. The fourth-order valence-electron chi connectivity index (χ4n) is 3.89. The Labute approximate surface area is 244 Å². The number of aryl methyl sites for hydroxylation is 1. The molecule has 0 fully saturated rings. The van der Waals surface area contributed by atoms with Gasteiger partial charge in [-0.1, -0.05) is 72.9 Å². The molecule has 1 N–H and O–H groups in total. The maximum absolute atomic E-state index is 15.0. The van der Waals surface area contributed by atoms with Crippen LogP contribution in [0, 0.1) is 18.7 Å². The molecule has 11 heteroatoms. The Balaban J connectivity index is 2.06. The second-order valence-corrected chi connectivity index (χ2v) is 12.5. The quantitative estimate of drug-likeness (QED) is 0.297. The Hall–Kier alpha value is -3.14. The summed E-state index contributed by atoms with van der Waals surface area (Å²) in [6.07, 6.45) is 0. The number of hydrogen-bond donors (Lipinski definition) is 1. The maximum Gasteiger partial charge on any atom is 0.264 e. The van der Waals surface area contributed by atoms with Gasteiger partial charge in [0.25, 0.3) is 10.0 Å². The first-order valence-corrected chi connectivity index (χ1v) is 14.9. The molecule has 40 heavy (non-hydrogen) atoms. The van der Waals surface area contributed by atoms with Gasteiger partial charge in [-0.2, -0.15) is 0 Å². The van der Waals surface area contributed by atoms with Crippen LogP contribution in [0.5, 0.6) is 0 Å². The van der Waals surface area contributed by atoms with E-state index in [0.29, 0.717) is 12.1 Å². The summed E-state index contributed by atoms with van der Waals surface area (Å²) in [6.45, 7) is 6.61. The third-order valence-corrected chi connectivity index (χ3v) is 8.73. The Bertz CT molecular complexity index is 1450. The summed E-state index contributed by atoms with van der Waals surface area (Å²) in [7, 11) is -4.39. The number of amides is 2. The largest absolute Gasteiger partial charge is 0.354 e. The molecule has 0 saturated heterocycles. The molecule has 214 valence electrons. The molecule has 3 aromatic carbocycles. The lowest BCUT2D eigenvalue weighted by molar-refractivity contribution is -0.139. The van der Waals surface area contributed by atoms with Crippen LogP contribution in [0.25, 0.3) is 0 Å². The van der Waals surface area contributed by atoms with E-state index in [-0.39, 0.29) is 33.1 Å². The molecule has 0 aliphatic rings. The predicted octanol–water partition coefficient (Wildman–Crippen LogP) is 5.83. The highest BCUT2D eigenvalue weighted by Crippen LogP contribution is 2.29. The van der Waals surface area contributed by atoms with E-state index in [9.17, 15) is 22.4 Å². The van der Waals surface area contributed by atoms with E-state index in [1.807, 2.05) is 13.8 Å². The van der Waals surface area contributed by atoms with Crippen molar-refractivity contribution < 1.29 is 22.4 Å². The summed E-state index contributed by atoms with van der Waals surface area (Å²) in [4.78, 5) is 28.0. The van der Waals surface area contributed by atoms with Crippen LogP contribution in [-0.4, -0.2) is 44.3 Å². The summed E-state index contributed by atoms with van der Waals surface area (Å²) in [5.74, 6) is -1.85. The second kappa shape index (κ2) is 13.5. The molecule has 0 spiro atoms. The van der Waals surface area contributed by atoms with Crippen LogP contribution in [0.2, 0.25) is 10.0 Å². The molecule has 2 amide bonds. The maximum atomic E-state index is 15.0. The predicted molar refractivity (Wildman–Crippen MR) is 156 cm³/mol. The molecule has 0 aromatic heterocycles. The third-order valence-electron chi connectivity index (χ3n) is 6.25. The molecule has 1 atom stereocenters. The molecule has 0 aliphatic carbocycles. The number of sulfonamides is 1. The first-order valence-electron chi connectivity index (χ1n) is 12.7. The van der Waals surface area contributed by atoms with Crippen LogP contribution < -0.4 is 9.62 Å². The highest BCUT2D eigenvalue weighted by molar-refractivity contribution is 7.92. The topological polar surface area (TPSA) is 86.8 Å². The number of hydrogen-bond acceptors (Lipinski definition) is 4. The fourth-order valence-corrected chi connectivity index (χ4v) is 5.83. The SMILES string of the molecule is Cc1ccc(S(=O)(=O)N(CC(=O)N(Cc2c(Cl)cccc2Cl)[C@@H](C)C(=O)NCC(C)C)c2ccccc2F)cc1. The molecule has 0 radical (unpaired) electrons. The number of nitrogens with zero attached hydrogens (tertiary/aromatic N) is 2. The van der Waals surface area contributed by atoms with E-state index in [0.717, 1.165) is 15.9 Å². The summed E-state index contributed by atoms with van der Waals surface area (Å²) >= 11 is 12.7. The molecule has 3 aromatic rings. The monoisotopic (exact) mass is 607 g/mol. The normalized spacial score (nSPS) is 12.2. The van der Waals surface area contributed by atoms with Gasteiger partial charge < -0.3 is 10.2 Å². The Kier molecular flexibility index (Phi) is 10.6. The van der Waals surface area contributed by atoms with E-state index in [4.69, 9.17) is 23.2 Å². The summed E-state index contributed by atoms with van der Waals surface area (Å²) in [5.41, 5.74) is 0.919. The van der Waals surface area contributed by atoms with Crippen molar-refractivity contribution in [1.29, 1.82) is 0 Å². The fraction of sp³-hybridized carbons (Fsp3) is 0.310. The van der Waals surface area contributed by atoms with Crippen molar-refractivity contribution >= 4 is 50.7 Å². The molecule has 3 rings (SSSR count). The van der Waals surface area contributed by atoms with Gasteiger partial charge in [0.15, 0.2) is 0 Å². The minimum Gasteiger partial charge on any atom is -0.354 e. The molecular formula is C29H32Cl2FN3O4S. The van der Waals surface area contributed by atoms with Gasteiger partial charge in [-0.05, 0) is 56.2 Å². The Morgan fingerprint density at radius 3 is 2.10 bits per heavy atom. The summed E-state index contributed by atoms with van der Waals surface area (Å²) in [6, 6.07) is 15.1. The molecule has 0 bridgehead atoms. The van der Waals surface area contributed by atoms with Crippen LogP contribution in [0.3, 0.4) is 0 Å². The van der Waals surface area contributed by atoms with Crippen LogP contribution in [0.15, 0.2) is 71.6 Å². The molecular weight excluding hydrogens is 576 g/mol. The zero-order chi connectivity index (χ0) is 29.6. The molecule has 0 aliphatic heterocycles. The van der Waals surface area contributed by atoms with Gasteiger partial charge in [0.1, 0.15) is 18.4 Å². The number of benzene rings is 3. The third kappa shape index (κ3) is 7.53. The zero-order valence-corrected chi connectivity index (χ0v) is 25.0. The average molecular weight is 609 g/mol. The van der Waals surface area contributed by atoms with Gasteiger partial charge in [-0.3, -0.25) is 13.9 Å². The number of para-hydroxylation sites is 1. The van der Waals surface area contributed by atoms with Crippen molar-refractivity contribution in [2.24, 2.45) is 5.92 Å². The Morgan fingerprint density at radius 2 is 1.52 bits per heavy atom. The average Bonchev–Trinajstić information content (AvgIpc) is 2.90. The van der Waals surface area contributed by atoms with Gasteiger partial charge in [-0.25, -0.2) is 12.8 Å². The van der Waals surface area contributed by atoms with E-state index in [1.165, 1.54) is 42.2 Å². The number of rotatable bonds is 11. The van der Waals surface area contributed by atoms with Crippen molar-refractivity contribution in [1.82, 2.24) is 10.2 Å². The second-order valence-electron chi connectivity index (χ2n) is 9.81. The van der Waals surface area contributed by atoms with Crippen LogP contribution in [-0.2, 0) is 26.2 Å².